The molecule has 0 spiro atoms. The Balaban J connectivity index is 2.49. The minimum absolute atomic E-state index is 0.273. The normalized spacial score (nSPS) is 12.3. The highest BCUT2D eigenvalue weighted by Gasteiger charge is 2.12. The molecule has 0 amide bonds. The number of pyridine rings is 1. The Labute approximate surface area is 185 Å². The number of hydrogen-bond donors (Lipinski definition) is 2. The first-order chi connectivity index (χ1) is 14.4. The standard InChI is InChI=1S/C26H44N4/c1-8-13-22(6)28-25(21(4)5)17-20-30(18-9-2)19-12-11-14-24-16-15-23(10-3)26(27-7)29-24/h8,13,15-16,25,28H,4,6,9-12,14,17-20H2,1-3,5,7H3,(H,27,29)/b13-8-. The van der Waals surface area contributed by atoms with Gasteiger partial charge in [-0.2, -0.15) is 0 Å². The monoisotopic (exact) mass is 412 g/mol. The van der Waals surface area contributed by atoms with E-state index in [1.165, 1.54) is 36.1 Å². The average Bonchev–Trinajstić information content (AvgIpc) is 2.73. The molecule has 1 rings (SSSR count). The summed E-state index contributed by atoms with van der Waals surface area (Å²) in [4.78, 5) is 7.37. The molecule has 0 aliphatic heterocycles. The van der Waals surface area contributed by atoms with Crippen LogP contribution in [0.4, 0.5) is 5.82 Å². The van der Waals surface area contributed by atoms with Crippen LogP contribution in [0, 0.1) is 0 Å². The molecule has 168 valence electrons. The van der Waals surface area contributed by atoms with Gasteiger partial charge in [0.2, 0.25) is 0 Å². The van der Waals surface area contributed by atoms with Crippen molar-refractivity contribution in [2.45, 2.75) is 72.3 Å². The fraction of sp³-hybridized carbons (Fsp3) is 0.577. The maximum absolute atomic E-state index is 4.78. The van der Waals surface area contributed by atoms with Gasteiger partial charge in [-0.3, -0.25) is 0 Å². The number of allylic oxidation sites excluding steroid dienone is 2. The quantitative estimate of drug-likeness (QED) is 0.206. The van der Waals surface area contributed by atoms with E-state index in [4.69, 9.17) is 4.98 Å². The van der Waals surface area contributed by atoms with Gasteiger partial charge in [-0.1, -0.05) is 44.7 Å². The molecule has 1 aromatic heterocycles. The van der Waals surface area contributed by atoms with E-state index in [-0.39, 0.29) is 6.04 Å². The summed E-state index contributed by atoms with van der Waals surface area (Å²) in [5.74, 6) is 1.03. The largest absolute Gasteiger partial charge is 0.379 e. The summed E-state index contributed by atoms with van der Waals surface area (Å²) in [7, 11) is 1.95. The van der Waals surface area contributed by atoms with Gasteiger partial charge in [-0.15, -0.1) is 0 Å². The Bertz CT molecular complexity index is 678. The van der Waals surface area contributed by atoms with Gasteiger partial charge in [0.25, 0.3) is 0 Å². The number of anilines is 1. The third-order valence-electron chi connectivity index (χ3n) is 5.41. The van der Waals surface area contributed by atoms with Gasteiger partial charge < -0.3 is 15.5 Å². The zero-order chi connectivity index (χ0) is 22.4. The Morgan fingerprint density at radius 1 is 1.17 bits per heavy atom. The smallest absolute Gasteiger partial charge is 0.129 e. The Morgan fingerprint density at radius 2 is 1.93 bits per heavy atom. The molecular weight excluding hydrogens is 368 g/mol. The molecule has 0 aliphatic rings. The average molecular weight is 413 g/mol. The van der Waals surface area contributed by atoms with Gasteiger partial charge in [-0.05, 0) is 83.2 Å². The fourth-order valence-electron chi connectivity index (χ4n) is 3.69. The van der Waals surface area contributed by atoms with Crippen LogP contribution in [0.3, 0.4) is 0 Å². The maximum Gasteiger partial charge on any atom is 0.129 e. The van der Waals surface area contributed by atoms with E-state index in [0.29, 0.717) is 0 Å². The molecule has 0 bridgehead atoms. The molecule has 0 saturated carbocycles. The lowest BCUT2D eigenvalue weighted by Crippen LogP contribution is -2.35. The minimum atomic E-state index is 0.273. The number of nitrogens with one attached hydrogen (secondary N) is 2. The van der Waals surface area contributed by atoms with Crippen LogP contribution in [0.5, 0.6) is 0 Å². The van der Waals surface area contributed by atoms with E-state index in [0.717, 1.165) is 50.4 Å². The first-order valence-corrected chi connectivity index (χ1v) is 11.6. The van der Waals surface area contributed by atoms with Crippen molar-refractivity contribution < 1.29 is 0 Å². The van der Waals surface area contributed by atoms with E-state index >= 15 is 0 Å². The fourth-order valence-corrected chi connectivity index (χ4v) is 3.69. The molecule has 0 radical (unpaired) electrons. The molecule has 4 heteroatoms. The Morgan fingerprint density at radius 3 is 2.53 bits per heavy atom. The van der Waals surface area contributed by atoms with Crippen molar-refractivity contribution in [1.29, 1.82) is 0 Å². The van der Waals surface area contributed by atoms with Gasteiger partial charge in [0.15, 0.2) is 0 Å². The molecule has 4 nitrogen and oxygen atoms in total. The molecule has 0 fully saturated rings. The van der Waals surface area contributed by atoms with Crippen LogP contribution in [0.15, 0.2) is 48.7 Å². The van der Waals surface area contributed by atoms with Crippen molar-refractivity contribution in [2.75, 3.05) is 32.0 Å². The Kier molecular flexibility index (Phi) is 12.8. The number of unbranched alkanes of at least 4 members (excludes halogenated alkanes) is 1. The number of nitrogens with zero attached hydrogens (tertiary/aromatic N) is 2. The van der Waals surface area contributed by atoms with Crippen molar-refractivity contribution in [3.8, 4) is 0 Å². The highest BCUT2D eigenvalue weighted by atomic mass is 15.1. The van der Waals surface area contributed by atoms with Crippen LogP contribution in [-0.2, 0) is 12.8 Å². The molecule has 1 heterocycles. The van der Waals surface area contributed by atoms with Crippen LogP contribution in [0.1, 0.15) is 64.6 Å². The first-order valence-electron chi connectivity index (χ1n) is 11.6. The molecule has 0 aliphatic carbocycles. The number of rotatable bonds is 16. The molecular formula is C26H44N4. The summed E-state index contributed by atoms with van der Waals surface area (Å²) in [6.07, 6.45) is 10.7. The van der Waals surface area contributed by atoms with Crippen LogP contribution in [0.2, 0.25) is 0 Å². The zero-order valence-corrected chi connectivity index (χ0v) is 20.1. The number of aryl methyl sites for hydroxylation is 2. The predicted octanol–water partition coefficient (Wildman–Crippen LogP) is 5.73. The zero-order valence-electron chi connectivity index (χ0n) is 20.1. The highest BCUT2D eigenvalue weighted by molar-refractivity contribution is 5.44. The van der Waals surface area contributed by atoms with Gasteiger partial charge >= 0.3 is 0 Å². The van der Waals surface area contributed by atoms with E-state index in [2.05, 4.69) is 61.6 Å². The van der Waals surface area contributed by atoms with E-state index in [9.17, 15) is 0 Å². The van der Waals surface area contributed by atoms with Crippen LogP contribution in [0.25, 0.3) is 0 Å². The second-order valence-electron chi connectivity index (χ2n) is 8.07. The molecule has 1 aromatic rings. The van der Waals surface area contributed by atoms with Gasteiger partial charge in [0, 0.05) is 31.0 Å². The molecule has 0 aromatic carbocycles. The van der Waals surface area contributed by atoms with Crippen molar-refractivity contribution in [3.63, 3.8) is 0 Å². The van der Waals surface area contributed by atoms with Crippen molar-refractivity contribution >= 4 is 5.82 Å². The minimum Gasteiger partial charge on any atom is -0.379 e. The molecule has 30 heavy (non-hydrogen) atoms. The lowest BCUT2D eigenvalue weighted by Gasteiger charge is -2.26. The summed E-state index contributed by atoms with van der Waals surface area (Å²) in [6, 6.07) is 4.67. The van der Waals surface area contributed by atoms with Crippen LogP contribution in [-0.4, -0.2) is 42.6 Å². The lowest BCUT2D eigenvalue weighted by atomic mass is 10.1. The second-order valence-corrected chi connectivity index (χ2v) is 8.07. The van der Waals surface area contributed by atoms with Crippen molar-refractivity contribution in [1.82, 2.24) is 15.2 Å². The van der Waals surface area contributed by atoms with Crippen molar-refractivity contribution in [2.24, 2.45) is 0 Å². The summed E-state index contributed by atoms with van der Waals surface area (Å²) < 4.78 is 0. The topological polar surface area (TPSA) is 40.2 Å². The second kappa shape index (κ2) is 14.8. The van der Waals surface area contributed by atoms with E-state index < -0.39 is 0 Å². The van der Waals surface area contributed by atoms with Crippen molar-refractivity contribution in [3.05, 3.63) is 60.0 Å². The van der Waals surface area contributed by atoms with E-state index in [1.807, 2.05) is 26.1 Å². The maximum atomic E-state index is 4.78. The lowest BCUT2D eigenvalue weighted by molar-refractivity contribution is 0.258. The molecule has 0 saturated heterocycles. The third-order valence-corrected chi connectivity index (χ3v) is 5.41. The SMILES string of the molecule is C=C(/C=C\C)NC(CCN(CCC)CCCCc1ccc(CC)c(NC)n1)C(=C)C. The van der Waals surface area contributed by atoms with E-state index in [1.54, 1.807) is 0 Å². The summed E-state index contributed by atoms with van der Waals surface area (Å²) in [6.45, 7) is 20.1. The molecule has 1 unspecified atom stereocenters. The van der Waals surface area contributed by atoms with Crippen LogP contribution < -0.4 is 10.6 Å². The van der Waals surface area contributed by atoms with Gasteiger partial charge in [0.05, 0.1) is 0 Å². The van der Waals surface area contributed by atoms with Crippen LogP contribution >= 0.6 is 0 Å². The summed E-state index contributed by atoms with van der Waals surface area (Å²) >= 11 is 0. The predicted molar refractivity (Wildman–Crippen MR) is 133 cm³/mol. The third kappa shape index (κ3) is 9.62. The number of aromatic nitrogens is 1. The Hall–Kier alpha value is -2.07. The first kappa shape index (κ1) is 26.0. The van der Waals surface area contributed by atoms with Gasteiger partial charge in [0.1, 0.15) is 5.82 Å². The summed E-state index contributed by atoms with van der Waals surface area (Å²) in [5.41, 5.74) is 4.59. The highest BCUT2D eigenvalue weighted by Crippen LogP contribution is 2.15. The summed E-state index contributed by atoms with van der Waals surface area (Å²) in [5, 5.41) is 6.73. The molecule has 2 N–H and O–H groups in total. The number of hydrogen-bond acceptors (Lipinski definition) is 4. The van der Waals surface area contributed by atoms with Gasteiger partial charge in [-0.25, -0.2) is 4.98 Å². The molecule has 1 atom stereocenters.